The predicted octanol–water partition coefficient (Wildman–Crippen LogP) is -2.59. The fourth-order valence-corrected chi connectivity index (χ4v) is 3.87. The number of carboxylic acids is 1. The molecule has 11 N–H and O–H groups in total. The number of benzene rings is 1. The fraction of sp³-hybridized carbons (Fsp3) is 0.333. The number of nitrogens with two attached hydrogens (primary N) is 2. The molecule has 0 bridgehead atoms. The first kappa shape index (κ1) is 28.8. The van der Waals surface area contributed by atoms with E-state index < -0.39 is 66.8 Å². The number of nitrogens with zero attached hydrogens (tertiary/aromatic N) is 1. The third kappa shape index (κ3) is 7.86. The number of para-hydroxylation sites is 1. The number of aliphatic hydroxyl groups is 1. The Balaban J connectivity index is 1.66. The number of rotatable bonds is 14. The van der Waals surface area contributed by atoms with Crippen LogP contribution < -0.4 is 27.4 Å². The molecule has 1 aromatic carbocycles. The molecule has 2 aromatic heterocycles. The van der Waals surface area contributed by atoms with Crippen molar-refractivity contribution < 1.29 is 34.2 Å². The molecule has 3 aromatic rings. The second-order valence-electron chi connectivity index (χ2n) is 8.83. The Morgan fingerprint density at radius 1 is 0.923 bits per heavy atom. The molecule has 0 saturated heterocycles. The van der Waals surface area contributed by atoms with Gasteiger partial charge in [0.1, 0.15) is 18.1 Å². The molecule has 3 rings (SSSR count). The summed E-state index contributed by atoms with van der Waals surface area (Å²) in [6.07, 6.45) is 3.82. The van der Waals surface area contributed by atoms with Crippen LogP contribution >= 0.6 is 0 Å². The number of hydrogen-bond acceptors (Lipinski definition) is 8. The summed E-state index contributed by atoms with van der Waals surface area (Å²) in [7, 11) is 0. The summed E-state index contributed by atoms with van der Waals surface area (Å²) in [5.41, 5.74) is 13.1. The van der Waals surface area contributed by atoms with Gasteiger partial charge in [-0.05, 0) is 11.6 Å². The average molecular weight is 543 g/mol. The van der Waals surface area contributed by atoms with E-state index in [0.717, 1.165) is 10.9 Å². The molecule has 0 aliphatic rings. The van der Waals surface area contributed by atoms with Crippen molar-refractivity contribution in [1.29, 1.82) is 0 Å². The third-order valence-corrected chi connectivity index (χ3v) is 5.90. The molecule has 15 heteroatoms. The fourth-order valence-electron chi connectivity index (χ4n) is 3.87. The second-order valence-corrected chi connectivity index (χ2v) is 8.83. The molecular weight excluding hydrogens is 512 g/mol. The minimum absolute atomic E-state index is 0.0747. The van der Waals surface area contributed by atoms with Crippen LogP contribution in [0.3, 0.4) is 0 Å². The summed E-state index contributed by atoms with van der Waals surface area (Å²) in [5.74, 6) is -5.06. The monoisotopic (exact) mass is 542 g/mol. The summed E-state index contributed by atoms with van der Waals surface area (Å²) < 4.78 is 0. The van der Waals surface area contributed by atoms with Gasteiger partial charge in [-0.3, -0.25) is 19.2 Å². The molecule has 15 nitrogen and oxygen atoms in total. The number of carbonyl (C=O) groups excluding carboxylic acids is 4. The maximum Gasteiger partial charge on any atom is 0.326 e. The van der Waals surface area contributed by atoms with E-state index in [-0.39, 0.29) is 12.8 Å². The number of imidazole rings is 1. The molecule has 0 radical (unpaired) electrons. The zero-order valence-corrected chi connectivity index (χ0v) is 20.7. The van der Waals surface area contributed by atoms with E-state index in [0.29, 0.717) is 11.3 Å². The van der Waals surface area contributed by atoms with Crippen molar-refractivity contribution in [2.75, 3.05) is 6.61 Å². The van der Waals surface area contributed by atoms with Crippen molar-refractivity contribution in [2.45, 2.75) is 43.4 Å². The molecule has 0 saturated carbocycles. The zero-order valence-electron chi connectivity index (χ0n) is 20.7. The predicted molar refractivity (Wildman–Crippen MR) is 137 cm³/mol. The Kier molecular flexibility index (Phi) is 9.72. The Bertz CT molecular complexity index is 1320. The molecule has 0 spiro atoms. The van der Waals surface area contributed by atoms with Gasteiger partial charge in [-0.1, -0.05) is 18.2 Å². The first-order valence-electron chi connectivity index (χ1n) is 11.9. The SMILES string of the molecule is NC(=O)CC(NC(=O)C(CO)NC(=O)C(N)Cc1cnc[nH]1)C(=O)NC(Cc1c[nH]c2ccccc12)C(=O)O. The smallest absolute Gasteiger partial charge is 0.326 e. The number of aliphatic hydroxyl groups excluding tert-OH is 1. The molecule has 0 aliphatic heterocycles. The summed E-state index contributed by atoms with van der Waals surface area (Å²) in [6.45, 7) is -0.850. The number of fused-ring (bicyclic) bond motifs is 1. The number of H-pyrrole nitrogens is 2. The van der Waals surface area contributed by atoms with Crippen molar-refractivity contribution in [2.24, 2.45) is 11.5 Å². The number of aliphatic carboxylic acids is 1. The van der Waals surface area contributed by atoms with Gasteiger partial charge in [0, 0.05) is 41.8 Å². The van der Waals surface area contributed by atoms with Crippen molar-refractivity contribution in [1.82, 2.24) is 30.9 Å². The topological polar surface area (TPSA) is 258 Å². The number of aromatic amines is 2. The number of primary amides is 1. The molecule has 4 atom stereocenters. The van der Waals surface area contributed by atoms with Gasteiger partial charge >= 0.3 is 5.97 Å². The van der Waals surface area contributed by atoms with E-state index in [1.807, 2.05) is 12.1 Å². The highest BCUT2D eigenvalue weighted by Crippen LogP contribution is 2.19. The van der Waals surface area contributed by atoms with Crippen LogP contribution in [0.4, 0.5) is 0 Å². The molecular formula is C24H30N8O7. The van der Waals surface area contributed by atoms with Crippen LogP contribution in [-0.4, -0.2) is 85.5 Å². The van der Waals surface area contributed by atoms with Crippen LogP contribution in [0.5, 0.6) is 0 Å². The first-order chi connectivity index (χ1) is 18.6. The zero-order chi connectivity index (χ0) is 28.5. The van der Waals surface area contributed by atoms with Gasteiger partial charge < -0.3 is 47.6 Å². The second kappa shape index (κ2) is 13.2. The lowest BCUT2D eigenvalue weighted by Crippen LogP contribution is -2.59. The van der Waals surface area contributed by atoms with Crippen LogP contribution in [0.2, 0.25) is 0 Å². The number of nitrogens with one attached hydrogen (secondary N) is 5. The van der Waals surface area contributed by atoms with Gasteiger partial charge in [0.25, 0.3) is 0 Å². The Labute approximate surface area is 221 Å². The largest absolute Gasteiger partial charge is 0.480 e. The maximum absolute atomic E-state index is 13.0. The normalized spacial score (nSPS) is 14.1. The molecule has 208 valence electrons. The van der Waals surface area contributed by atoms with E-state index in [1.165, 1.54) is 12.5 Å². The van der Waals surface area contributed by atoms with E-state index in [9.17, 15) is 34.2 Å². The number of amides is 4. The number of carboxylic acid groups (broad SMARTS) is 1. The molecule has 0 aliphatic carbocycles. The van der Waals surface area contributed by atoms with Crippen molar-refractivity contribution in [3.05, 3.63) is 54.2 Å². The van der Waals surface area contributed by atoms with Crippen LogP contribution in [0.1, 0.15) is 17.7 Å². The summed E-state index contributed by atoms with van der Waals surface area (Å²) >= 11 is 0. The van der Waals surface area contributed by atoms with Crippen LogP contribution in [0.25, 0.3) is 10.9 Å². The van der Waals surface area contributed by atoms with E-state index in [2.05, 4.69) is 30.9 Å². The Morgan fingerprint density at radius 3 is 2.23 bits per heavy atom. The van der Waals surface area contributed by atoms with E-state index in [4.69, 9.17) is 11.5 Å². The van der Waals surface area contributed by atoms with Crippen LogP contribution in [0, 0.1) is 0 Å². The van der Waals surface area contributed by atoms with Crippen LogP contribution in [0.15, 0.2) is 43.0 Å². The van der Waals surface area contributed by atoms with E-state index >= 15 is 0 Å². The lowest BCUT2D eigenvalue weighted by molar-refractivity contribution is -0.142. The van der Waals surface area contributed by atoms with Gasteiger partial charge in [-0.2, -0.15) is 0 Å². The maximum atomic E-state index is 13.0. The van der Waals surface area contributed by atoms with Crippen molar-refractivity contribution in [3.63, 3.8) is 0 Å². The number of aromatic nitrogens is 3. The minimum atomic E-state index is -1.58. The Hall–Kier alpha value is -4.76. The van der Waals surface area contributed by atoms with Crippen LogP contribution in [-0.2, 0) is 36.8 Å². The number of carbonyl (C=O) groups is 5. The van der Waals surface area contributed by atoms with Gasteiger partial charge in [0.2, 0.25) is 23.6 Å². The number of hydrogen-bond donors (Lipinski definition) is 9. The molecule has 4 unspecified atom stereocenters. The summed E-state index contributed by atoms with van der Waals surface area (Å²) in [4.78, 5) is 71.3. The lowest BCUT2D eigenvalue weighted by Gasteiger charge is -2.24. The Morgan fingerprint density at radius 2 is 1.59 bits per heavy atom. The highest BCUT2D eigenvalue weighted by Gasteiger charge is 2.31. The first-order valence-corrected chi connectivity index (χ1v) is 11.9. The third-order valence-electron chi connectivity index (χ3n) is 5.90. The van der Waals surface area contributed by atoms with Crippen molar-refractivity contribution >= 4 is 40.5 Å². The van der Waals surface area contributed by atoms with Crippen molar-refractivity contribution in [3.8, 4) is 0 Å². The van der Waals surface area contributed by atoms with E-state index in [1.54, 1.807) is 18.3 Å². The highest BCUT2D eigenvalue weighted by atomic mass is 16.4. The molecule has 4 amide bonds. The molecule has 0 fully saturated rings. The average Bonchev–Trinajstić information content (AvgIpc) is 3.55. The standard InChI is InChI=1S/C24H30N8O7/c25-15(6-13-9-27-11-29-13)21(35)32-19(10-33)23(37)30-17(7-20(26)34)22(36)31-18(24(38)39)5-12-8-28-16-4-2-1-3-14(12)16/h1-4,8-9,11,15,17-19,28,33H,5-7,10,25H2,(H2,26,34)(H,27,29)(H,30,37)(H,31,36)(H,32,35)(H,38,39). The van der Waals surface area contributed by atoms with Gasteiger partial charge in [0.05, 0.1) is 25.4 Å². The van der Waals surface area contributed by atoms with Gasteiger partial charge in [-0.15, -0.1) is 0 Å². The summed E-state index contributed by atoms with van der Waals surface area (Å²) in [5, 5.41) is 27.0. The quantitative estimate of drug-likeness (QED) is 0.103. The van der Waals surface area contributed by atoms with Gasteiger partial charge in [0.15, 0.2) is 0 Å². The highest BCUT2D eigenvalue weighted by molar-refractivity contribution is 5.96. The van der Waals surface area contributed by atoms with Gasteiger partial charge in [-0.25, -0.2) is 9.78 Å². The molecule has 39 heavy (non-hydrogen) atoms. The lowest BCUT2D eigenvalue weighted by atomic mass is 10.0. The summed E-state index contributed by atoms with van der Waals surface area (Å²) in [6, 6.07) is 1.61. The molecule has 2 heterocycles. The minimum Gasteiger partial charge on any atom is -0.480 e.